The Labute approximate surface area is 130 Å². The topological polar surface area (TPSA) is 110 Å². The molecule has 118 valence electrons. The molecule has 1 aromatic rings. The van der Waals surface area contributed by atoms with Gasteiger partial charge in [-0.2, -0.15) is 4.72 Å². The molecule has 10 heteroatoms. The van der Waals surface area contributed by atoms with Gasteiger partial charge < -0.3 is 9.84 Å². The fraction of sp³-hybridized carbons (Fsp3) is 0.455. The second-order valence-corrected chi connectivity index (χ2v) is 7.74. The molecule has 0 aliphatic carbocycles. The van der Waals surface area contributed by atoms with Crippen molar-refractivity contribution in [3.63, 3.8) is 0 Å². The first-order valence-electron chi connectivity index (χ1n) is 5.75. The Bertz CT molecular complexity index is 620. The predicted molar refractivity (Wildman–Crippen MR) is 77.1 cm³/mol. The minimum absolute atomic E-state index is 0.0747. The van der Waals surface area contributed by atoms with E-state index in [4.69, 9.17) is 16.7 Å². The van der Waals surface area contributed by atoms with E-state index in [0.717, 1.165) is 11.3 Å². The monoisotopic (exact) mass is 355 g/mol. The molecule has 0 spiro atoms. The number of methoxy groups -OCH3 is 1. The van der Waals surface area contributed by atoms with Crippen LogP contribution in [0.4, 0.5) is 0 Å². The van der Waals surface area contributed by atoms with Crippen molar-refractivity contribution in [1.29, 1.82) is 0 Å². The van der Waals surface area contributed by atoms with Gasteiger partial charge in [0.05, 0.1) is 11.4 Å². The summed E-state index contributed by atoms with van der Waals surface area (Å²) in [6.07, 6.45) is -0.417. The van der Waals surface area contributed by atoms with Gasteiger partial charge in [-0.25, -0.2) is 8.42 Å². The van der Waals surface area contributed by atoms with Crippen molar-refractivity contribution < 1.29 is 27.9 Å². The number of carbonyl (C=O) groups excluding carboxylic acids is 1. The van der Waals surface area contributed by atoms with E-state index in [9.17, 15) is 18.0 Å². The highest BCUT2D eigenvalue weighted by atomic mass is 35.5. The lowest BCUT2D eigenvalue weighted by atomic mass is 10.2. The van der Waals surface area contributed by atoms with Crippen LogP contribution in [0.2, 0.25) is 4.34 Å². The molecule has 1 atom stereocenters. The molecular weight excluding hydrogens is 342 g/mol. The van der Waals surface area contributed by atoms with E-state index in [1.807, 2.05) is 4.72 Å². The molecule has 0 saturated heterocycles. The lowest BCUT2D eigenvalue weighted by Crippen LogP contribution is -2.40. The Kier molecular flexibility index (Phi) is 6.14. The third kappa shape index (κ3) is 4.95. The van der Waals surface area contributed by atoms with E-state index >= 15 is 0 Å². The lowest BCUT2D eigenvalue weighted by Gasteiger charge is -2.13. The van der Waals surface area contributed by atoms with Gasteiger partial charge in [0.25, 0.3) is 10.0 Å². The van der Waals surface area contributed by atoms with E-state index in [0.29, 0.717) is 9.90 Å². The first-order valence-corrected chi connectivity index (χ1v) is 8.43. The molecule has 0 aromatic carbocycles. The first-order chi connectivity index (χ1) is 9.67. The van der Waals surface area contributed by atoms with Gasteiger partial charge in [-0.05, 0) is 25.0 Å². The largest absolute Gasteiger partial charge is 0.480 e. The highest BCUT2D eigenvalue weighted by molar-refractivity contribution is 7.91. The van der Waals surface area contributed by atoms with Crippen LogP contribution in [0.1, 0.15) is 18.4 Å². The summed E-state index contributed by atoms with van der Waals surface area (Å²) in [7, 11) is -2.84. The van der Waals surface area contributed by atoms with Crippen molar-refractivity contribution in [3.05, 3.63) is 16.0 Å². The Morgan fingerprint density at radius 1 is 1.52 bits per heavy atom. The number of halogens is 1. The molecule has 1 heterocycles. The van der Waals surface area contributed by atoms with E-state index < -0.39 is 28.0 Å². The molecule has 0 saturated carbocycles. The molecule has 1 aromatic heterocycles. The molecule has 21 heavy (non-hydrogen) atoms. The summed E-state index contributed by atoms with van der Waals surface area (Å²) in [5, 5.41) is 9.03. The summed E-state index contributed by atoms with van der Waals surface area (Å²) in [4.78, 5) is 22.1. The Morgan fingerprint density at radius 2 is 2.14 bits per heavy atom. The van der Waals surface area contributed by atoms with Crippen molar-refractivity contribution >= 4 is 44.9 Å². The van der Waals surface area contributed by atoms with Gasteiger partial charge in [0.2, 0.25) is 0 Å². The molecular formula is C11H14ClNO6S2. The maximum atomic E-state index is 12.1. The Morgan fingerprint density at radius 3 is 2.57 bits per heavy atom. The maximum absolute atomic E-state index is 12.1. The van der Waals surface area contributed by atoms with Crippen molar-refractivity contribution in [3.8, 4) is 0 Å². The zero-order valence-corrected chi connectivity index (χ0v) is 13.6. The number of aryl methyl sites for hydroxylation is 1. The smallest absolute Gasteiger partial charge is 0.321 e. The second kappa shape index (κ2) is 7.21. The minimum Gasteiger partial charge on any atom is -0.480 e. The third-order valence-electron chi connectivity index (χ3n) is 2.56. The number of sulfonamides is 1. The number of hydrogen-bond acceptors (Lipinski definition) is 6. The molecule has 0 unspecified atom stereocenters. The van der Waals surface area contributed by atoms with Crippen LogP contribution in [0.25, 0.3) is 0 Å². The van der Waals surface area contributed by atoms with Crippen LogP contribution in [0, 0.1) is 6.92 Å². The van der Waals surface area contributed by atoms with E-state index in [1.54, 1.807) is 6.92 Å². The quantitative estimate of drug-likeness (QED) is 0.715. The number of hydrogen-bond donors (Lipinski definition) is 2. The highest BCUT2D eigenvalue weighted by Gasteiger charge is 2.27. The van der Waals surface area contributed by atoms with Crippen LogP contribution < -0.4 is 4.72 Å². The fourth-order valence-electron chi connectivity index (χ4n) is 1.41. The summed E-state index contributed by atoms with van der Waals surface area (Å²) in [6, 6.07) is -0.0653. The molecule has 0 bridgehead atoms. The summed E-state index contributed by atoms with van der Waals surface area (Å²) in [5.74, 6) is -1.99. The molecule has 1 rings (SSSR count). The van der Waals surface area contributed by atoms with Crippen molar-refractivity contribution in [2.24, 2.45) is 0 Å². The molecule has 0 fully saturated rings. The highest BCUT2D eigenvalue weighted by Crippen LogP contribution is 2.30. The van der Waals surface area contributed by atoms with Gasteiger partial charge in [-0.1, -0.05) is 11.6 Å². The van der Waals surface area contributed by atoms with Gasteiger partial charge >= 0.3 is 11.9 Å². The van der Waals surface area contributed by atoms with Gasteiger partial charge in [0.1, 0.15) is 10.3 Å². The molecule has 7 nitrogen and oxygen atoms in total. The average molecular weight is 356 g/mol. The van der Waals surface area contributed by atoms with Crippen molar-refractivity contribution in [2.45, 2.75) is 30.0 Å². The van der Waals surface area contributed by atoms with Gasteiger partial charge in [-0.15, -0.1) is 11.3 Å². The molecule has 0 radical (unpaired) electrons. The number of nitrogens with one attached hydrogen (secondary N) is 1. The Hall–Kier alpha value is -1.16. The van der Waals surface area contributed by atoms with Gasteiger partial charge in [-0.3, -0.25) is 9.59 Å². The summed E-state index contributed by atoms with van der Waals surface area (Å²) < 4.78 is 30.9. The number of esters is 1. The van der Waals surface area contributed by atoms with E-state index in [1.165, 1.54) is 13.2 Å². The predicted octanol–water partition coefficient (Wildman–Crippen LogP) is 1.39. The summed E-state index contributed by atoms with van der Waals surface area (Å²) in [5.41, 5.74) is 0.587. The number of ether oxygens (including phenoxy) is 1. The molecule has 2 N–H and O–H groups in total. The van der Waals surface area contributed by atoms with Crippen molar-refractivity contribution in [1.82, 2.24) is 4.72 Å². The number of thiophene rings is 1. The van der Waals surface area contributed by atoms with Crippen molar-refractivity contribution in [2.75, 3.05) is 7.11 Å². The number of aliphatic carboxylic acids is 1. The number of carboxylic acids is 1. The van der Waals surface area contributed by atoms with Crippen LogP contribution in [0.5, 0.6) is 0 Å². The standard InChI is InChI=1S/C11H14ClNO6S2/c1-6-5-9(20-10(6)12)21(17,18)13-7(11(15)16)3-4-8(14)19-2/h5,7,13H,3-4H2,1-2H3,(H,15,16)/t7-/m0/s1. The second-order valence-electron chi connectivity index (χ2n) is 4.15. The van der Waals surface area contributed by atoms with Crippen LogP contribution in [-0.2, 0) is 24.3 Å². The zero-order valence-electron chi connectivity index (χ0n) is 11.3. The Balaban J connectivity index is 2.87. The average Bonchev–Trinajstić information content (AvgIpc) is 2.74. The van der Waals surface area contributed by atoms with Gasteiger partial charge in [0, 0.05) is 6.42 Å². The van der Waals surface area contributed by atoms with Crippen LogP contribution >= 0.6 is 22.9 Å². The zero-order chi connectivity index (χ0) is 16.2. The molecule has 0 aliphatic heterocycles. The number of rotatable bonds is 7. The van der Waals surface area contributed by atoms with E-state index in [-0.39, 0.29) is 17.1 Å². The SMILES string of the molecule is COC(=O)CC[C@H](NS(=O)(=O)c1cc(C)c(Cl)s1)C(=O)O. The fourth-order valence-corrected chi connectivity index (χ4v) is 4.35. The molecule has 0 aliphatic rings. The van der Waals surface area contributed by atoms with Crippen LogP contribution in [-0.4, -0.2) is 38.6 Å². The van der Waals surface area contributed by atoms with E-state index in [2.05, 4.69) is 4.74 Å². The normalized spacial score (nSPS) is 12.9. The molecule has 0 amide bonds. The van der Waals surface area contributed by atoms with Crippen LogP contribution in [0.3, 0.4) is 0 Å². The van der Waals surface area contributed by atoms with Crippen LogP contribution in [0.15, 0.2) is 10.3 Å². The number of carbonyl (C=O) groups is 2. The summed E-state index contributed by atoms with van der Waals surface area (Å²) >= 11 is 6.64. The third-order valence-corrected chi connectivity index (χ3v) is 6.06. The maximum Gasteiger partial charge on any atom is 0.321 e. The first kappa shape index (κ1) is 17.9. The van der Waals surface area contributed by atoms with Gasteiger partial charge in [0.15, 0.2) is 0 Å². The number of carboxylic acid groups (broad SMARTS) is 1. The summed E-state index contributed by atoms with van der Waals surface area (Å²) in [6.45, 7) is 1.64. The lowest BCUT2D eigenvalue weighted by molar-refractivity contribution is -0.142. The minimum atomic E-state index is -4.01.